The lowest BCUT2D eigenvalue weighted by Crippen LogP contribution is -2.29. The SMILES string of the molecule is CCCCCCCC/C=C\CCCCCCCC(=O)OCC(COP(=O)(O)OCC(O)CO)OC(=O)CCCCCCCCCCC/C=C\CCCCCCCCCC. The summed E-state index contributed by atoms with van der Waals surface area (Å²) >= 11 is 0. The number of aliphatic hydroxyl groups excluding tert-OH is 2. The first kappa shape index (κ1) is 57.4. The Morgan fingerprint density at radius 1 is 0.492 bits per heavy atom. The van der Waals surface area contributed by atoms with Crippen LogP contribution >= 0.6 is 7.82 Å². The van der Waals surface area contributed by atoms with E-state index in [1.165, 1.54) is 141 Å². The Labute approximate surface area is 361 Å². The van der Waals surface area contributed by atoms with Gasteiger partial charge in [-0.05, 0) is 64.2 Å². The number of carbonyl (C=O) groups is 2. The monoisotopic (exact) mass is 859 g/mol. The number of allylic oxidation sites excluding steroid dienone is 4. The van der Waals surface area contributed by atoms with Gasteiger partial charge in [0.25, 0.3) is 0 Å². The molecule has 0 saturated carbocycles. The van der Waals surface area contributed by atoms with Crippen molar-refractivity contribution in [3.05, 3.63) is 24.3 Å². The minimum atomic E-state index is -4.62. The van der Waals surface area contributed by atoms with Crippen LogP contribution in [0.5, 0.6) is 0 Å². The molecule has 10 nitrogen and oxygen atoms in total. The van der Waals surface area contributed by atoms with Crippen LogP contribution in [0.25, 0.3) is 0 Å². The summed E-state index contributed by atoms with van der Waals surface area (Å²) in [6.45, 7) is 2.40. The van der Waals surface area contributed by atoms with E-state index in [0.29, 0.717) is 12.8 Å². The summed E-state index contributed by atoms with van der Waals surface area (Å²) in [6.07, 6.45) is 45.7. The second-order valence-electron chi connectivity index (χ2n) is 16.5. The lowest BCUT2D eigenvalue weighted by atomic mass is 10.1. The van der Waals surface area contributed by atoms with E-state index in [2.05, 4.69) is 38.2 Å². The fraction of sp³-hybridized carbons (Fsp3) is 0.875. The molecule has 3 atom stereocenters. The highest BCUT2D eigenvalue weighted by atomic mass is 31.2. The zero-order valence-electron chi connectivity index (χ0n) is 38.0. The maximum absolute atomic E-state index is 12.7. The smallest absolute Gasteiger partial charge is 0.462 e. The molecule has 0 amide bonds. The van der Waals surface area contributed by atoms with E-state index < -0.39 is 51.8 Å². The molecular weight excluding hydrogens is 767 g/mol. The fourth-order valence-electron chi connectivity index (χ4n) is 6.81. The van der Waals surface area contributed by atoms with E-state index in [1.807, 2.05) is 0 Å². The van der Waals surface area contributed by atoms with Gasteiger partial charge in [0.1, 0.15) is 12.7 Å². The number of aliphatic hydroxyl groups is 2. The second kappa shape index (κ2) is 44.5. The molecule has 3 N–H and O–H groups in total. The third-order valence-electron chi connectivity index (χ3n) is 10.6. The van der Waals surface area contributed by atoms with E-state index in [-0.39, 0.29) is 19.4 Å². The number of esters is 2. The molecule has 0 bridgehead atoms. The molecule has 0 aliphatic heterocycles. The molecule has 59 heavy (non-hydrogen) atoms. The number of phosphoric ester groups is 1. The Balaban J connectivity index is 4.20. The minimum Gasteiger partial charge on any atom is -0.462 e. The quantitative estimate of drug-likeness (QED) is 0.0234. The normalized spacial score (nSPS) is 13.9. The first-order valence-corrected chi connectivity index (χ1v) is 25.8. The van der Waals surface area contributed by atoms with Gasteiger partial charge < -0.3 is 24.6 Å². The molecule has 348 valence electrons. The molecule has 0 spiro atoms. The van der Waals surface area contributed by atoms with Crippen molar-refractivity contribution in [1.29, 1.82) is 0 Å². The summed E-state index contributed by atoms with van der Waals surface area (Å²) in [5.41, 5.74) is 0. The van der Waals surface area contributed by atoms with Crippen LogP contribution in [0.4, 0.5) is 0 Å². The standard InChI is InChI=1S/C48H91O10P/c1-3-5-7-9-11-13-15-17-19-20-21-22-23-24-26-28-30-32-34-36-38-40-48(52)58-46(44-57-59(53,54)56-42-45(50)41-49)43-55-47(51)39-37-35-33-31-29-27-25-18-16-14-12-10-8-6-4-2/h18,20-21,25,45-46,49-50H,3-17,19,22-24,26-44H2,1-2H3,(H,53,54)/b21-20-,25-18-. The predicted octanol–water partition coefficient (Wildman–Crippen LogP) is 13.3. The Hall–Kier alpha value is -1.55. The molecule has 0 radical (unpaired) electrons. The average Bonchev–Trinajstić information content (AvgIpc) is 3.22. The largest absolute Gasteiger partial charge is 0.472 e. The fourth-order valence-corrected chi connectivity index (χ4v) is 7.60. The molecule has 0 aromatic rings. The van der Waals surface area contributed by atoms with Crippen LogP contribution in [0.2, 0.25) is 0 Å². The van der Waals surface area contributed by atoms with E-state index in [0.717, 1.165) is 51.4 Å². The number of hydrogen-bond acceptors (Lipinski definition) is 9. The minimum absolute atomic E-state index is 0.182. The maximum Gasteiger partial charge on any atom is 0.472 e. The van der Waals surface area contributed by atoms with Crippen LogP contribution in [0.3, 0.4) is 0 Å². The second-order valence-corrected chi connectivity index (χ2v) is 17.9. The molecule has 0 aliphatic carbocycles. The molecule has 11 heteroatoms. The predicted molar refractivity (Wildman–Crippen MR) is 242 cm³/mol. The van der Waals surface area contributed by atoms with Crippen LogP contribution in [0.15, 0.2) is 24.3 Å². The van der Waals surface area contributed by atoms with Gasteiger partial charge in [-0.25, -0.2) is 4.57 Å². The van der Waals surface area contributed by atoms with Crippen LogP contribution in [-0.4, -0.2) is 65.7 Å². The van der Waals surface area contributed by atoms with Gasteiger partial charge in [-0.3, -0.25) is 18.6 Å². The summed E-state index contributed by atoms with van der Waals surface area (Å²) in [7, 11) is -4.62. The van der Waals surface area contributed by atoms with Crippen LogP contribution < -0.4 is 0 Å². The van der Waals surface area contributed by atoms with Gasteiger partial charge in [0.05, 0.1) is 19.8 Å². The Morgan fingerprint density at radius 2 is 0.831 bits per heavy atom. The Morgan fingerprint density at radius 3 is 1.22 bits per heavy atom. The number of ether oxygens (including phenoxy) is 2. The van der Waals surface area contributed by atoms with E-state index in [1.54, 1.807) is 0 Å². The van der Waals surface area contributed by atoms with Crippen molar-refractivity contribution < 1.29 is 47.8 Å². The lowest BCUT2D eigenvalue weighted by Gasteiger charge is -2.20. The first-order valence-electron chi connectivity index (χ1n) is 24.3. The molecule has 0 heterocycles. The third-order valence-corrected chi connectivity index (χ3v) is 11.5. The van der Waals surface area contributed by atoms with E-state index >= 15 is 0 Å². The number of phosphoric acid groups is 1. The van der Waals surface area contributed by atoms with E-state index in [9.17, 15) is 24.2 Å². The topological polar surface area (TPSA) is 149 Å². The van der Waals surface area contributed by atoms with Crippen molar-refractivity contribution in [3.63, 3.8) is 0 Å². The van der Waals surface area contributed by atoms with Crippen molar-refractivity contribution >= 4 is 19.8 Å². The van der Waals surface area contributed by atoms with Gasteiger partial charge in [-0.2, -0.15) is 0 Å². The molecule has 0 aliphatic rings. The molecule has 0 aromatic heterocycles. The molecular formula is C48H91O10P. The summed E-state index contributed by atoms with van der Waals surface area (Å²) in [5.74, 6) is -0.928. The highest BCUT2D eigenvalue weighted by molar-refractivity contribution is 7.47. The van der Waals surface area contributed by atoms with Crippen molar-refractivity contribution in [3.8, 4) is 0 Å². The first-order chi connectivity index (χ1) is 28.7. The highest BCUT2D eigenvalue weighted by Gasteiger charge is 2.27. The van der Waals surface area contributed by atoms with Crippen molar-refractivity contribution in [2.45, 2.75) is 244 Å². The third kappa shape index (κ3) is 44.3. The van der Waals surface area contributed by atoms with Gasteiger partial charge in [-0.15, -0.1) is 0 Å². The molecule has 3 unspecified atom stereocenters. The summed E-state index contributed by atoms with van der Waals surface area (Å²) in [5, 5.41) is 18.4. The van der Waals surface area contributed by atoms with Crippen LogP contribution in [0, 0.1) is 0 Å². The number of carbonyl (C=O) groups excluding carboxylic acids is 2. The van der Waals surface area contributed by atoms with E-state index in [4.69, 9.17) is 23.6 Å². The lowest BCUT2D eigenvalue weighted by molar-refractivity contribution is -0.161. The summed E-state index contributed by atoms with van der Waals surface area (Å²) in [4.78, 5) is 35.1. The number of unbranched alkanes of at least 4 members (excludes halogenated alkanes) is 28. The Kier molecular flexibility index (Phi) is 43.3. The van der Waals surface area contributed by atoms with Gasteiger partial charge in [0.2, 0.25) is 0 Å². The number of hydrogen-bond donors (Lipinski definition) is 3. The van der Waals surface area contributed by atoms with Gasteiger partial charge >= 0.3 is 19.8 Å². The van der Waals surface area contributed by atoms with Crippen molar-refractivity contribution in [1.82, 2.24) is 0 Å². The van der Waals surface area contributed by atoms with Crippen LogP contribution in [0.1, 0.15) is 232 Å². The van der Waals surface area contributed by atoms with Gasteiger partial charge in [0.15, 0.2) is 6.10 Å². The molecule has 0 saturated heterocycles. The molecule has 0 fully saturated rings. The average molecular weight is 859 g/mol. The van der Waals surface area contributed by atoms with Crippen molar-refractivity contribution in [2.24, 2.45) is 0 Å². The van der Waals surface area contributed by atoms with Crippen molar-refractivity contribution in [2.75, 3.05) is 26.4 Å². The summed E-state index contributed by atoms with van der Waals surface area (Å²) in [6, 6.07) is 0. The zero-order valence-corrected chi connectivity index (χ0v) is 38.9. The van der Waals surface area contributed by atoms with Gasteiger partial charge in [0, 0.05) is 12.8 Å². The number of rotatable bonds is 46. The molecule has 0 aromatic carbocycles. The summed E-state index contributed by atoms with van der Waals surface area (Å²) < 4.78 is 32.8. The molecule has 0 rings (SSSR count). The highest BCUT2D eigenvalue weighted by Crippen LogP contribution is 2.43. The van der Waals surface area contributed by atoms with Gasteiger partial charge in [-0.1, -0.05) is 179 Å². The van der Waals surface area contributed by atoms with Crippen LogP contribution in [-0.2, 0) is 32.7 Å². The Bertz CT molecular complexity index is 1040. The zero-order chi connectivity index (χ0) is 43.3. The maximum atomic E-state index is 12.7.